The molecule has 0 saturated carbocycles. The molecule has 0 unspecified atom stereocenters. The topological polar surface area (TPSA) is 3.24 Å². The molecule has 1 nitrogen and oxygen atoms in total. The van der Waals surface area contributed by atoms with E-state index in [2.05, 4.69) is 266 Å². The first kappa shape index (κ1) is 39.1. The van der Waals surface area contributed by atoms with Gasteiger partial charge in [-0.2, -0.15) is 0 Å². The molecule has 0 fully saturated rings. The maximum atomic E-state index is 2.45. The molecule has 0 spiro atoms. The van der Waals surface area contributed by atoms with Crippen LogP contribution in [0.25, 0.3) is 75.5 Å². The fourth-order valence-corrected chi connectivity index (χ4v) is 12.0. The van der Waals surface area contributed by atoms with E-state index in [0.29, 0.717) is 0 Å². The van der Waals surface area contributed by atoms with Crippen molar-refractivity contribution in [3.63, 3.8) is 0 Å². The number of benzene rings is 11. The lowest BCUT2D eigenvalue weighted by Gasteiger charge is -2.34. The predicted molar refractivity (Wildman–Crippen MR) is 285 cm³/mol. The van der Waals surface area contributed by atoms with E-state index in [1.165, 1.54) is 97.7 Å². The number of thiophene rings is 1. The molecule has 0 saturated heterocycles. The molecule has 0 atom stereocenters. The molecule has 1 aliphatic carbocycles. The Hall–Kier alpha value is -8.30. The summed E-state index contributed by atoms with van der Waals surface area (Å²) in [4.78, 5) is 2.42. The van der Waals surface area contributed by atoms with Gasteiger partial charge in [0, 0.05) is 37.1 Å². The molecule has 67 heavy (non-hydrogen) atoms. The summed E-state index contributed by atoms with van der Waals surface area (Å²) >= 11 is 1.86. The van der Waals surface area contributed by atoms with Crippen molar-refractivity contribution in [3.05, 3.63) is 283 Å². The molecule has 0 radical (unpaired) electrons. The van der Waals surface area contributed by atoms with Crippen molar-refractivity contribution in [1.29, 1.82) is 0 Å². The minimum absolute atomic E-state index is 0.455. The van der Waals surface area contributed by atoms with Gasteiger partial charge in [0.15, 0.2) is 0 Å². The van der Waals surface area contributed by atoms with Gasteiger partial charge in [-0.05, 0) is 127 Å². The van der Waals surface area contributed by atoms with Crippen molar-refractivity contribution < 1.29 is 0 Å². The van der Waals surface area contributed by atoms with Gasteiger partial charge in [-0.3, -0.25) is 0 Å². The van der Waals surface area contributed by atoms with Crippen molar-refractivity contribution in [2.45, 2.75) is 5.41 Å². The second-order valence-electron chi connectivity index (χ2n) is 17.6. The van der Waals surface area contributed by atoms with E-state index < -0.39 is 5.41 Å². The Labute approximate surface area is 395 Å². The summed E-state index contributed by atoms with van der Waals surface area (Å²) in [6.07, 6.45) is 0. The molecule has 0 N–H and O–H groups in total. The SMILES string of the molecule is c1ccc(C2(c3ccccc3)c3ccccc3-c3ccc(-c4ccc(N(c5ccc(-c6ccc7c(c6)sc6ccccc67)cc5)c5ccccc5-c5ccc6ccccc6c5)cc4)cc32)cc1. The van der Waals surface area contributed by atoms with Gasteiger partial charge in [0.05, 0.1) is 11.1 Å². The molecule has 0 bridgehead atoms. The summed E-state index contributed by atoms with van der Waals surface area (Å²) in [7, 11) is 0. The normalized spacial score (nSPS) is 12.6. The van der Waals surface area contributed by atoms with Crippen LogP contribution in [-0.4, -0.2) is 0 Å². The van der Waals surface area contributed by atoms with Gasteiger partial charge in [0.25, 0.3) is 0 Å². The van der Waals surface area contributed by atoms with Crippen molar-refractivity contribution in [1.82, 2.24) is 0 Å². The van der Waals surface area contributed by atoms with Crippen LogP contribution in [0.5, 0.6) is 0 Å². The smallest absolute Gasteiger partial charge is 0.0713 e. The Kier molecular flexibility index (Phi) is 9.33. The van der Waals surface area contributed by atoms with Crippen molar-refractivity contribution in [3.8, 4) is 44.5 Å². The monoisotopic (exact) mass is 869 g/mol. The minimum Gasteiger partial charge on any atom is -0.310 e. The lowest BCUT2D eigenvalue weighted by molar-refractivity contribution is 0.769. The van der Waals surface area contributed by atoms with Crippen LogP contribution in [0.2, 0.25) is 0 Å². The van der Waals surface area contributed by atoms with Gasteiger partial charge < -0.3 is 4.90 Å². The van der Waals surface area contributed by atoms with E-state index in [1.807, 2.05) is 11.3 Å². The Morgan fingerprint density at radius 2 is 0.821 bits per heavy atom. The average molecular weight is 870 g/mol. The van der Waals surface area contributed by atoms with Gasteiger partial charge >= 0.3 is 0 Å². The first-order valence-corrected chi connectivity index (χ1v) is 23.9. The Balaban J connectivity index is 0.929. The van der Waals surface area contributed by atoms with E-state index in [0.717, 1.165) is 17.1 Å². The van der Waals surface area contributed by atoms with E-state index in [1.54, 1.807) is 0 Å². The highest BCUT2D eigenvalue weighted by molar-refractivity contribution is 7.25. The van der Waals surface area contributed by atoms with Gasteiger partial charge in [-0.25, -0.2) is 0 Å². The van der Waals surface area contributed by atoms with Crippen molar-refractivity contribution >= 4 is 59.3 Å². The van der Waals surface area contributed by atoms with Gasteiger partial charge in [0.1, 0.15) is 0 Å². The number of hydrogen-bond acceptors (Lipinski definition) is 2. The molecular weight excluding hydrogens is 827 g/mol. The second-order valence-corrected chi connectivity index (χ2v) is 18.7. The van der Waals surface area contributed by atoms with Crippen LogP contribution in [0.3, 0.4) is 0 Å². The van der Waals surface area contributed by atoms with E-state index in [9.17, 15) is 0 Å². The zero-order chi connectivity index (χ0) is 44.3. The van der Waals surface area contributed by atoms with Gasteiger partial charge in [-0.15, -0.1) is 11.3 Å². The Morgan fingerprint density at radius 3 is 1.55 bits per heavy atom. The number of anilines is 3. The second kappa shape index (κ2) is 16.0. The lowest BCUT2D eigenvalue weighted by atomic mass is 9.67. The summed E-state index contributed by atoms with van der Waals surface area (Å²) in [5.41, 5.74) is 17.7. The fraction of sp³-hybridized carbons (Fsp3) is 0.0154. The third-order valence-corrected chi connectivity index (χ3v) is 15.1. The molecule has 11 aromatic carbocycles. The van der Waals surface area contributed by atoms with Crippen LogP contribution in [0.4, 0.5) is 17.1 Å². The average Bonchev–Trinajstić information content (AvgIpc) is 3.93. The van der Waals surface area contributed by atoms with Crippen LogP contribution in [0.1, 0.15) is 22.3 Å². The number of rotatable bonds is 8. The van der Waals surface area contributed by atoms with Gasteiger partial charge in [-0.1, -0.05) is 206 Å². The summed E-state index contributed by atoms with van der Waals surface area (Å²) in [5, 5.41) is 5.11. The van der Waals surface area contributed by atoms with Crippen LogP contribution in [-0.2, 0) is 5.41 Å². The third kappa shape index (κ3) is 6.44. The van der Waals surface area contributed by atoms with E-state index in [4.69, 9.17) is 0 Å². The van der Waals surface area contributed by atoms with Gasteiger partial charge in [0.2, 0.25) is 0 Å². The minimum atomic E-state index is -0.455. The molecule has 12 aromatic rings. The van der Waals surface area contributed by atoms with Crippen molar-refractivity contribution in [2.24, 2.45) is 0 Å². The largest absolute Gasteiger partial charge is 0.310 e. The highest BCUT2D eigenvalue weighted by Gasteiger charge is 2.46. The molecule has 0 amide bonds. The zero-order valence-electron chi connectivity index (χ0n) is 36.7. The quantitative estimate of drug-likeness (QED) is 0.147. The van der Waals surface area contributed by atoms with Crippen LogP contribution in [0.15, 0.2) is 261 Å². The van der Waals surface area contributed by atoms with Crippen molar-refractivity contribution in [2.75, 3.05) is 4.90 Å². The molecule has 0 aliphatic heterocycles. The van der Waals surface area contributed by atoms with E-state index in [-0.39, 0.29) is 0 Å². The molecule has 2 heteroatoms. The highest BCUT2D eigenvalue weighted by atomic mass is 32.1. The number of nitrogens with zero attached hydrogens (tertiary/aromatic N) is 1. The zero-order valence-corrected chi connectivity index (χ0v) is 37.5. The summed E-state index contributed by atoms with van der Waals surface area (Å²) in [5.74, 6) is 0. The van der Waals surface area contributed by atoms with E-state index >= 15 is 0 Å². The summed E-state index contributed by atoms with van der Waals surface area (Å²) in [6.45, 7) is 0. The molecule has 1 aliphatic rings. The standard InChI is InChI=1S/C65H43NS/c1-3-17-51(18-4-1)65(52-19-5-2-6-20-52)60-24-12-9-22-56(60)57-39-33-48(42-61(57)65)45-29-35-53(36-30-45)66(62-25-13-10-21-55(62)50-28-27-44-15-7-8-16-47(44)41-50)54-37-31-46(32-38-54)49-34-40-59-58-23-11-14-26-63(58)67-64(59)43-49/h1-43H. The summed E-state index contributed by atoms with van der Waals surface area (Å²) < 4.78 is 2.64. The lowest BCUT2D eigenvalue weighted by Crippen LogP contribution is -2.28. The maximum absolute atomic E-state index is 2.45. The van der Waals surface area contributed by atoms with Crippen LogP contribution >= 0.6 is 11.3 Å². The number of para-hydroxylation sites is 1. The van der Waals surface area contributed by atoms with Crippen LogP contribution in [0, 0.1) is 0 Å². The Morgan fingerprint density at radius 1 is 0.299 bits per heavy atom. The third-order valence-electron chi connectivity index (χ3n) is 14.0. The first-order chi connectivity index (χ1) is 33.2. The predicted octanol–water partition coefficient (Wildman–Crippen LogP) is 18.0. The first-order valence-electron chi connectivity index (χ1n) is 23.1. The molecule has 314 valence electrons. The Bertz CT molecular complexity index is 3750. The van der Waals surface area contributed by atoms with Crippen LogP contribution < -0.4 is 4.90 Å². The highest BCUT2D eigenvalue weighted by Crippen LogP contribution is 2.57. The fourth-order valence-electron chi connectivity index (χ4n) is 10.8. The maximum Gasteiger partial charge on any atom is 0.0713 e. The molecule has 1 aromatic heterocycles. The summed E-state index contributed by atoms with van der Waals surface area (Å²) in [6, 6.07) is 96.3. The number of fused-ring (bicyclic) bond motifs is 7. The molecule has 13 rings (SSSR count). The number of hydrogen-bond donors (Lipinski definition) is 0. The molecular formula is C65H43NS. The molecule has 1 heterocycles.